The molecule has 0 radical (unpaired) electrons. The molecule has 0 bridgehead atoms. The van der Waals surface area contributed by atoms with E-state index in [4.69, 9.17) is 16.3 Å². The molecule has 26 heavy (non-hydrogen) atoms. The molecular formula is C18H21ClN2O4S. The topological polar surface area (TPSA) is 75.7 Å². The highest BCUT2D eigenvalue weighted by Gasteiger charge is 2.22. The summed E-state index contributed by atoms with van der Waals surface area (Å²) in [6.07, 6.45) is 1.06. The largest absolute Gasteiger partial charge is 0.494 e. The van der Waals surface area contributed by atoms with E-state index in [1.807, 2.05) is 6.92 Å². The van der Waals surface area contributed by atoms with E-state index in [2.05, 4.69) is 5.32 Å². The predicted molar refractivity (Wildman–Crippen MR) is 105 cm³/mol. The Labute approximate surface area is 158 Å². The molecule has 140 valence electrons. The van der Waals surface area contributed by atoms with Crippen LogP contribution in [0.5, 0.6) is 5.75 Å². The van der Waals surface area contributed by atoms with Crippen molar-refractivity contribution in [1.82, 2.24) is 0 Å². The van der Waals surface area contributed by atoms with Gasteiger partial charge in [0.15, 0.2) is 0 Å². The van der Waals surface area contributed by atoms with Crippen LogP contribution in [0.15, 0.2) is 42.5 Å². The monoisotopic (exact) mass is 396 g/mol. The lowest BCUT2D eigenvalue weighted by Crippen LogP contribution is -2.37. The number of nitrogens with one attached hydrogen (secondary N) is 1. The zero-order valence-corrected chi connectivity index (χ0v) is 16.4. The van der Waals surface area contributed by atoms with Crippen molar-refractivity contribution in [2.24, 2.45) is 0 Å². The summed E-state index contributed by atoms with van der Waals surface area (Å²) in [4.78, 5) is 12.4. The van der Waals surface area contributed by atoms with Crippen LogP contribution in [-0.2, 0) is 14.8 Å². The standard InChI is InChI=1S/C18H21ClN2O4S/c1-4-25-16-7-5-6-15(11-16)20-18(22)12-21(26(3,23)24)17-9-8-14(19)10-13(17)2/h5-11H,4,12H2,1-3H3,(H,20,22). The lowest BCUT2D eigenvalue weighted by Gasteiger charge is -2.23. The molecule has 0 aliphatic rings. The van der Waals surface area contributed by atoms with Gasteiger partial charge in [-0.25, -0.2) is 8.42 Å². The van der Waals surface area contributed by atoms with Crippen LogP contribution in [0.2, 0.25) is 5.02 Å². The first-order chi connectivity index (χ1) is 12.2. The van der Waals surface area contributed by atoms with Gasteiger partial charge in [-0.15, -0.1) is 0 Å². The van der Waals surface area contributed by atoms with E-state index >= 15 is 0 Å². The summed E-state index contributed by atoms with van der Waals surface area (Å²) in [5, 5.41) is 3.19. The number of rotatable bonds is 7. The Balaban J connectivity index is 2.21. The van der Waals surface area contributed by atoms with Gasteiger partial charge in [-0.3, -0.25) is 9.10 Å². The molecule has 0 heterocycles. The normalized spacial score (nSPS) is 11.1. The summed E-state index contributed by atoms with van der Waals surface area (Å²) in [6, 6.07) is 11.7. The number of nitrogens with zero attached hydrogens (tertiary/aromatic N) is 1. The van der Waals surface area contributed by atoms with E-state index in [-0.39, 0.29) is 6.54 Å². The summed E-state index contributed by atoms with van der Waals surface area (Å²) >= 11 is 5.93. The molecular weight excluding hydrogens is 376 g/mol. The van der Waals surface area contributed by atoms with E-state index in [1.54, 1.807) is 49.4 Å². The minimum Gasteiger partial charge on any atom is -0.494 e. The second kappa shape index (κ2) is 8.42. The first-order valence-corrected chi connectivity index (χ1v) is 10.2. The molecule has 2 aromatic rings. The summed E-state index contributed by atoms with van der Waals surface area (Å²) in [5.74, 6) is 0.164. The fourth-order valence-corrected chi connectivity index (χ4v) is 3.58. The van der Waals surface area contributed by atoms with Crippen LogP contribution in [-0.4, -0.2) is 33.7 Å². The molecule has 0 saturated heterocycles. The first kappa shape index (κ1) is 20.1. The lowest BCUT2D eigenvalue weighted by atomic mass is 10.2. The molecule has 0 atom stereocenters. The van der Waals surface area contributed by atoms with Crippen molar-refractivity contribution in [2.45, 2.75) is 13.8 Å². The SMILES string of the molecule is CCOc1cccc(NC(=O)CN(c2ccc(Cl)cc2C)S(C)(=O)=O)c1. The summed E-state index contributed by atoms with van der Waals surface area (Å²) < 4.78 is 30.8. The smallest absolute Gasteiger partial charge is 0.245 e. The van der Waals surface area contributed by atoms with Crippen molar-refractivity contribution in [1.29, 1.82) is 0 Å². The molecule has 0 saturated carbocycles. The highest BCUT2D eigenvalue weighted by atomic mass is 35.5. The number of amides is 1. The molecule has 2 rings (SSSR count). The van der Waals surface area contributed by atoms with Gasteiger partial charge in [0.2, 0.25) is 15.9 Å². The van der Waals surface area contributed by atoms with Crippen LogP contribution in [0, 0.1) is 6.92 Å². The van der Waals surface area contributed by atoms with Crippen molar-refractivity contribution >= 4 is 38.9 Å². The molecule has 0 fully saturated rings. The minimum absolute atomic E-state index is 0.347. The number of carbonyl (C=O) groups is 1. The number of ether oxygens (including phenoxy) is 1. The Morgan fingerprint density at radius 1 is 1.23 bits per heavy atom. The Hall–Kier alpha value is -2.25. The summed E-state index contributed by atoms with van der Waals surface area (Å²) in [6.45, 7) is 3.77. The third-order valence-corrected chi connectivity index (χ3v) is 4.91. The van der Waals surface area contributed by atoms with Gasteiger partial charge >= 0.3 is 0 Å². The Kier molecular flexibility index (Phi) is 6.50. The van der Waals surface area contributed by atoms with E-state index in [0.29, 0.717) is 34.3 Å². The highest BCUT2D eigenvalue weighted by molar-refractivity contribution is 7.92. The molecule has 0 aliphatic heterocycles. The third kappa shape index (κ3) is 5.37. The number of anilines is 2. The van der Waals surface area contributed by atoms with Crippen LogP contribution in [0.4, 0.5) is 11.4 Å². The van der Waals surface area contributed by atoms with E-state index in [0.717, 1.165) is 10.6 Å². The minimum atomic E-state index is -3.65. The van der Waals surface area contributed by atoms with Crippen molar-refractivity contribution in [3.63, 3.8) is 0 Å². The van der Waals surface area contributed by atoms with Gasteiger partial charge in [-0.05, 0) is 49.7 Å². The molecule has 0 aromatic heterocycles. The van der Waals surface area contributed by atoms with E-state index in [9.17, 15) is 13.2 Å². The molecule has 0 aliphatic carbocycles. The number of hydrogen-bond acceptors (Lipinski definition) is 4. The van der Waals surface area contributed by atoms with E-state index in [1.165, 1.54) is 0 Å². The number of carbonyl (C=O) groups excluding carboxylic acids is 1. The van der Waals surface area contributed by atoms with Crippen LogP contribution in [0.1, 0.15) is 12.5 Å². The number of sulfonamides is 1. The zero-order chi connectivity index (χ0) is 19.3. The fraction of sp³-hybridized carbons (Fsp3) is 0.278. The first-order valence-electron chi connectivity index (χ1n) is 7.97. The van der Waals surface area contributed by atoms with Crippen molar-refractivity contribution in [3.05, 3.63) is 53.1 Å². The number of hydrogen-bond donors (Lipinski definition) is 1. The molecule has 8 heteroatoms. The van der Waals surface area contributed by atoms with Gasteiger partial charge in [0.1, 0.15) is 12.3 Å². The Bertz CT molecular complexity index is 900. The maximum Gasteiger partial charge on any atom is 0.245 e. The zero-order valence-electron chi connectivity index (χ0n) is 14.8. The second-order valence-electron chi connectivity index (χ2n) is 5.71. The molecule has 0 spiro atoms. The molecule has 6 nitrogen and oxygen atoms in total. The molecule has 0 unspecified atom stereocenters. The van der Waals surface area contributed by atoms with Crippen molar-refractivity contribution in [2.75, 3.05) is 29.0 Å². The van der Waals surface area contributed by atoms with Gasteiger partial charge in [0.25, 0.3) is 0 Å². The van der Waals surface area contributed by atoms with Gasteiger partial charge < -0.3 is 10.1 Å². The average molecular weight is 397 g/mol. The van der Waals surface area contributed by atoms with Gasteiger partial charge in [-0.2, -0.15) is 0 Å². The van der Waals surface area contributed by atoms with Crippen molar-refractivity contribution in [3.8, 4) is 5.75 Å². The number of halogens is 1. The molecule has 1 amide bonds. The Morgan fingerprint density at radius 3 is 2.58 bits per heavy atom. The quantitative estimate of drug-likeness (QED) is 0.777. The van der Waals surface area contributed by atoms with Crippen LogP contribution < -0.4 is 14.4 Å². The fourth-order valence-electron chi connectivity index (χ4n) is 2.44. The average Bonchev–Trinajstić information content (AvgIpc) is 2.53. The lowest BCUT2D eigenvalue weighted by molar-refractivity contribution is -0.114. The number of benzene rings is 2. The van der Waals surface area contributed by atoms with Crippen LogP contribution in [0.3, 0.4) is 0 Å². The number of aryl methyl sites for hydroxylation is 1. The maximum absolute atomic E-state index is 12.4. The highest BCUT2D eigenvalue weighted by Crippen LogP contribution is 2.25. The second-order valence-corrected chi connectivity index (χ2v) is 8.05. The van der Waals surface area contributed by atoms with Crippen LogP contribution in [0.25, 0.3) is 0 Å². The third-order valence-electron chi connectivity index (χ3n) is 3.54. The van der Waals surface area contributed by atoms with Gasteiger partial charge in [-0.1, -0.05) is 17.7 Å². The molecule has 2 aromatic carbocycles. The van der Waals surface area contributed by atoms with Crippen molar-refractivity contribution < 1.29 is 17.9 Å². The molecule has 1 N–H and O–H groups in total. The summed E-state index contributed by atoms with van der Waals surface area (Å²) in [7, 11) is -3.65. The van der Waals surface area contributed by atoms with E-state index < -0.39 is 15.9 Å². The predicted octanol–water partition coefficient (Wildman–Crippen LogP) is 3.45. The van der Waals surface area contributed by atoms with Gasteiger partial charge in [0, 0.05) is 16.8 Å². The van der Waals surface area contributed by atoms with Gasteiger partial charge in [0.05, 0.1) is 18.6 Å². The summed E-state index contributed by atoms with van der Waals surface area (Å²) in [5.41, 5.74) is 1.60. The maximum atomic E-state index is 12.4. The Morgan fingerprint density at radius 2 is 1.96 bits per heavy atom. The van der Waals surface area contributed by atoms with Crippen LogP contribution >= 0.6 is 11.6 Å².